The third-order valence-electron chi connectivity index (χ3n) is 3.34. The van der Waals surface area contributed by atoms with E-state index in [-0.39, 0.29) is 5.56 Å². The molecule has 2 N–H and O–H groups in total. The van der Waals surface area contributed by atoms with Crippen molar-refractivity contribution in [1.82, 2.24) is 0 Å². The van der Waals surface area contributed by atoms with Crippen LogP contribution in [0, 0.1) is 0 Å². The van der Waals surface area contributed by atoms with E-state index in [1.807, 2.05) is 31.2 Å². The topological polar surface area (TPSA) is 66.4 Å². The summed E-state index contributed by atoms with van der Waals surface area (Å²) in [7, 11) is 0. The first-order chi connectivity index (χ1) is 12.0. The highest BCUT2D eigenvalue weighted by Gasteiger charge is 2.21. The van der Waals surface area contributed by atoms with Gasteiger partial charge in [0.15, 0.2) is 0 Å². The van der Waals surface area contributed by atoms with Gasteiger partial charge in [-0.05, 0) is 30.7 Å². The molecule has 1 aromatic carbocycles. The summed E-state index contributed by atoms with van der Waals surface area (Å²) in [5.74, 6) is -1.49. The van der Waals surface area contributed by atoms with E-state index < -0.39 is 11.9 Å². The van der Waals surface area contributed by atoms with E-state index >= 15 is 0 Å². The first kappa shape index (κ1) is 18.9. The van der Waals surface area contributed by atoms with Crippen LogP contribution in [0.4, 0.5) is 5.00 Å². The van der Waals surface area contributed by atoms with Crippen LogP contribution >= 0.6 is 27.3 Å². The monoisotopic (exact) mass is 417 g/mol. The Morgan fingerprint density at radius 1 is 1.28 bits per heavy atom. The van der Waals surface area contributed by atoms with Gasteiger partial charge in [-0.25, -0.2) is 4.79 Å². The standard InChI is InChI=1S/C19H16BrNO3S/c1-3-5-6-12(4-2)17(22)21-18-16(19(23)24)15(11-25-18)13-7-9-14(20)10-8-13/h3-11H,2H2,1H3,(H,21,22)(H,23,24)/b5-3-,12-6+. The van der Waals surface area contributed by atoms with Gasteiger partial charge in [0.1, 0.15) is 10.6 Å². The van der Waals surface area contributed by atoms with E-state index in [1.165, 1.54) is 17.4 Å². The fraction of sp³-hybridized carbons (Fsp3) is 0.0526. The third-order valence-corrected chi connectivity index (χ3v) is 4.76. The SMILES string of the molecule is C=C/C(=C\C=C/C)C(=O)Nc1scc(-c2ccc(Br)cc2)c1C(=O)O. The van der Waals surface area contributed by atoms with Crippen LogP contribution in [0.25, 0.3) is 11.1 Å². The fourth-order valence-corrected chi connectivity index (χ4v) is 3.34. The Labute approximate surface area is 158 Å². The molecule has 0 atom stereocenters. The van der Waals surface area contributed by atoms with Crippen molar-refractivity contribution in [2.45, 2.75) is 6.92 Å². The molecule has 128 valence electrons. The first-order valence-corrected chi connectivity index (χ1v) is 9.02. The minimum atomic E-state index is -1.09. The van der Waals surface area contributed by atoms with Crippen molar-refractivity contribution in [3.63, 3.8) is 0 Å². The molecule has 0 radical (unpaired) electrons. The molecule has 0 bridgehead atoms. The van der Waals surface area contributed by atoms with Crippen molar-refractivity contribution < 1.29 is 14.7 Å². The van der Waals surface area contributed by atoms with Crippen molar-refractivity contribution in [1.29, 1.82) is 0 Å². The van der Waals surface area contributed by atoms with Crippen LogP contribution in [-0.2, 0) is 4.79 Å². The molecule has 0 saturated heterocycles. The van der Waals surface area contributed by atoms with E-state index in [1.54, 1.807) is 23.6 Å². The Hall–Kier alpha value is -2.44. The maximum Gasteiger partial charge on any atom is 0.339 e. The molecule has 2 rings (SSSR count). The van der Waals surface area contributed by atoms with Gasteiger partial charge in [0.05, 0.1) is 0 Å². The number of hydrogen-bond acceptors (Lipinski definition) is 3. The number of halogens is 1. The zero-order valence-corrected chi connectivity index (χ0v) is 15.9. The number of anilines is 1. The Kier molecular flexibility index (Phi) is 6.50. The summed E-state index contributed by atoms with van der Waals surface area (Å²) >= 11 is 4.54. The lowest BCUT2D eigenvalue weighted by molar-refractivity contribution is -0.112. The van der Waals surface area contributed by atoms with E-state index in [4.69, 9.17) is 0 Å². The fourth-order valence-electron chi connectivity index (χ4n) is 2.12. The van der Waals surface area contributed by atoms with Crippen LogP contribution in [0.3, 0.4) is 0 Å². The number of carbonyl (C=O) groups is 2. The number of thiophene rings is 1. The van der Waals surface area contributed by atoms with Crippen molar-refractivity contribution >= 4 is 44.1 Å². The van der Waals surface area contributed by atoms with Crippen LogP contribution in [0.15, 0.2) is 70.6 Å². The molecule has 6 heteroatoms. The Morgan fingerprint density at radius 3 is 2.52 bits per heavy atom. The normalized spacial score (nSPS) is 11.5. The molecule has 0 aliphatic rings. The largest absolute Gasteiger partial charge is 0.478 e. The van der Waals surface area contributed by atoms with Gasteiger partial charge >= 0.3 is 5.97 Å². The first-order valence-electron chi connectivity index (χ1n) is 7.35. The second kappa shape index (κ2) is 8.60. The number of benzene rings is 1. The highest BCUT2D eigenvalue weighted by atomic mass is 79.9. The van der Waals surface area contributed by atoms with Gasteiger partial charge in [0.25, 0.3) is 5.91 Å². The van der Waals surface area contributed by atoms with Gasteiger partial charge in [0.2, 0.25) is 0 Å². The number of rotatable bonds is 6. The molecule has 0 spiro atoms. The second-order valence-corrected chi connectivity index (χ2v) is 6.77. The predicted octanol–water partition coefficient (Wildman–Crippen LogP) is 5.50. The molecule has 25 heavy (non-hydrogen) atoms. The minimum Gasteiger partial charge on any atom is -0.478 e. The molecule has 1 heterocycles. The summed E-state index contributed by atoms with van der Waals surface area (Å²) in [6.45, 7) is 5.45. The van der Waals surface area contributed by atoms with Crippen molar-refractivity contribution in [3.05, 3.63) is 76.1 Å². The lowest BCUT2D eigenvalue weighted by Gasteiger charge is -2.06. The molecule has 1 amide bonds. The maximum absolute atomic E-state index is 12.3. The Bertz CT molecular complexity index is 863. The zero-order chi connectivity index (χ0) is 18.4. The van der Waals surface area contributed by atoms with Crippen LogP contribution in [0.2, 0.25) is 0 Å². The molecule has 0 unspecified atom stereocenters. The number of hydrogen-bond donors (Lipinski definition) is 2. The minimum absolute atomic E-state index is 0.0788. The molecular weight excluding hydrogens is 402 g/mol. The second-order valence-electron chi connectivity index (χ2n) is 4.97. The van der Waals surface area contributed by atoms with E-state index in [9.17, 15) is 14.7 Å². The number of carbonyl (C=O) groups excluding carboxylic acids is 1. The average molecular weight is 418 g/mol. The molecule has 0 fully saturated rings. The van der Waals surface area contributed by atoms with Crippen molar-refractivity contribution in [3.8, 4) is 11.1 Å². The Balaban J connectivity index is 2.39. The summed E-state index contributed by atoms with van der Waals surface area (Å²) in [6, 6.07) is 7.33. The highest BCUT2D eigenvalue weighted by Crippen LogP contribution is 2.36. The van der Waals surface area contributed by atoms with Crippen LogP contribution in [0.1, 0.15) is 17.3 Å². The number of amides is 1. The van der Waals surface area contributed by atoms with Crippen molar-refractivity contribution in [2.24, 2.45) is 0 Å². The summed E-state index contributed by atoms with van der Waals surface area (Å²) in [5, 5.41) is 14.3. The van der Waals surface area contributed by atoms with Crippen LogP contribution in [0.5, 0.6) is 0 Å². The number of aromatic carboxylic acids is 1. The lowest BCUT2D eigenvalue weighted by atomic mass is 10.0. The van der Waals surface area contributed by atoms with Gasteiger partial charge in [-0.3, -0.25) is 4.79 Å². The average Bonchev–Trinajstić information content (AvgIpc) is 3.00. The predicted molar refractivity (Wildman–Crippen MR) is 106 cm³/mol. The van der Waals surface area contributed by atoms with Gasteiger partial charge in [-0.1, -0.05) is 52.9 Å². The summed E-state index contributed by atoms with van der Waals surface area (Å²) in [4.78, 5) is 24.1. The van der Waals surface area contributed by atoms with Crippen LogP contribution in [-0.4, -0.2) is 17.0 Å². The van der Waals surface area contributed by atoms with Gasteiger partial charge < -0.3 is 10.4 Å². The number of carboxylic acid groups (broad SMARTS) is 1. The number of nitrogens with one attached hydrogen (secondary N) is 1. The summed E-state index contributed by atoms with van der Waals surface area (Å²) in [6.07, 6.45) is 6.55. The molecule has 2 aromatic rings. The molecule has 0 aliphatic heterocycles. The Morgan fingerprint density at radius 2 is 1.96 bits per heavy atom. The quantitative estimate of drug-likeness (QED) is 0.481. The molecular formula is C19H16BrNO3S. The van der Waals surface area contributed by atoms with Crippen LogP contribution < -0.4 is 5.32 Å². The highest BCUT2D eigenvalue weighted by molar-refractivity contribution is 9.10. The van der Waals surface area contributed by atoms with Gasteiger partial charge in [-0.2, -0.15) is 0 Å². The third kappa shape index (κ3) is 4.55. The molecule has 1 aromatic heterocycles. The molecule has 4 nitrogen and oxygen atoms in total. The van der Waals surface area contributed by atoms with Gasteiger partial charge in [0, 0.05) is 21.0 Å². The molecule has 0 aliphatic carbocycles. The van der Waals surface area contributed by atoms with E-state index in [0.717, 1.165) is 10.0 Å². The molecule has 0 saturated carbocycles. The smallest absolute Gasteiger partial charge is 0.339 e. The lowest BCUT2D eigenvalue weighted by Crippen LogP contribution is -2.14. The zero-order valence-electron chi connectivity index (χ0n) is 13.5. The van der Waals surface area contributed by atoms with E-state index in [0.29, 0.717) is 16.1 Å². The number of carboxylic acids is 1. The number of allylic oxidation sites excluding steroid dienone is 3. The van der Waals surface area contributed by atoms with Gasteiger partial charge in [-0.15, -0.1) is 11.3 Å². The summed E-state index contributed by atoms with van der Waals surface area (Å²) in [5.41, 5.74) is 1.77. The summed E-state index contributed by atoms with van der Waals surface area (Å²) < 4.78 is 0.904. The maximum atomic E-state index is 12.3. The van der Waals surface area contributed by atoms with E-state index in [2.05, 4.69) is 27.8 Å². The van der Waals surface area contributed by atoms with Crippen molar-refractivity contribution in [2.75, 3.05) is 5.32 Å².